The van der Waals surface area contributed by atoms with Crippen LogP contribution < -0.4 is 5.73 Å². The van der Waals surface area contributed by atoms with E-state index in [2.05, 4.69) is 47.1 Å². The highest BCUT2D eigenvalue weighted by atomic mass is 32.1. The number of hydrogen-bond donors (Lipinski definition) is 1. The van der Waals surface area contributed by atoms with E-state index in [0.717, 1.165) is 31.7 Å². The molecule has 2 N–H and O–H groups in total. The van der Waals surface area contributed by atoms with Gasteiger partial charge in [0.05, 0.1) is 6.54 Å². The number of piperazine rings is 1. The fourth-order valence-corrected chi connectivity index (χ4v) is 3.03. The van der Waals surface area contributed by atoms with Gasteiger partial charge in [0.2, 0.25) is 0 Å². The van der Waals surface area contributed by atoms with Crippen LogP contribution in [0.2, 0.25) is 0 Å². The summed E-state index contributed by atoms with van der Waals surface area (Å²) in [6.07, 6.45) is 0. The second-order valence-corrected chi connectivity index (χ2v) is 5.87. The maximum atomic E-state index is 5.38. The summed E-state index contributed by atoms with van der Waals surface area (Å²) in [7, 11) is 2.20. The summed E-state index contributed by atoms with van der Waals surface area (Å²) in [5.41, 5.74) is 6.48. The van der Waals surface area contributed by atoms with Gasteiger partial charge in [-0.2, -0.15) is 0 Å². The van der Waals surface area contributed by atoms with Crippen LogP contribution in [0.3, 0.4) is 0 Å². The molecule has 1 unspecified atom stereocenters. The zero-order valence-electron chi connectivity index (χ0n) is 11.1. The first-order valence-electron chi connectivity index (χ1n) is 6.38. The fraction of sp³-hybridized carbons (Fsp3) is 0.571. The molecule has 0 spiro atoms. The summed E-state index contributed by atoms with van der Waals surface area (Å²) in [5.74, 6) is 5.98. The van der Waals surface area contributed by atoms with Crippen molar-refractivity contribution < 1.29 is 0 Å². The molecule has 0 bridgehead atoms. The van der Waals surface area contributed by atoms with Crippen LogP contribution >= 0.6 is 11.3 Å². The van der Waals surface area contributed by atoms with E-state index in [0.29, 0.717) is 12.6 Å². The molecule has 4 heteroatoms. The Hall–Kier alpha value is -0.860. The second-order valence-electron chi connectivity index (χ2n) is 4.87. The third-order valence-electron chi connectivity index (χ3n) is 3.41. The van der Waals surface area contributed by atoms with Gasteiger partial charge >= 0.3 is 0 Å². The highest BCUT2D eigenvalue weighted by Gasteiger charge is 2.20. The zero-order chi connectivity index (χ0) is 13.0. The first-order chi connectivity index (χ1) is 8.69. The van der Waals surface area contributed by atoms with Crippen LogP contribution in [-0.2, 0) is 6.54 Å². The Kier molecular flexibility index (Phi) is 4.79. The minimum Gasteiger partial charge on any atom is -0.320 e. The standard InChI is InChI=1S/C14H21N3S/c1-12-9-17(7-6-16(12)2)10-14-8-13(11-18-14)4-3-5-15/h8,11-12H,5-7,9-10,15H2,1-2H3. The lowest BCUT2D eigenvalue weighted by Crippen LogP contribution is -2.49. The van der Waals surface area contributed by atoms with Crippen LogP contribution in [0.4, 0.5) is 0 Å². The normalized spacial score (nSPS) is 21.6. The predicted octanol–water partition coefficient (Wildman–Crippen LogP) is 1.19. The Morgan fingerprint density at radius 2 is 2.33 bits per heavy atom. The molecule has 0 radical (unpaired) electrons. The van der Waals surface area contributed by atoms with Crippen LogP contribution in [0.5, 0.6) is 0 Å². The molecule has 0 aromatic carbocycles. The summed E-state index contributed by atoms with van der Waals surface area (Å²) < 4.78 is 0. The van der Waals surface area contributed by atoms with Crippen molar-refractivity contribution in [2.75, 3.05) is 33.2 Å². The minimum absolute atomic E-state index is 0.432. The molecule has 1 aliphatic heterocycles. The fourth-order valence-electron chi connectivity index (χ4n) is 2.17. The molecule has 0 aliphatic carbocycles. The van der Waals surface area contributed by atoms with E-state index >= 15 is 0 Å². The van der Waals surface area contributed by atoms with Gasteiger partial charge in [-0.15, -0.1) is 11.3 Å². The highest BCUT2D eigenvalue weighted by Crippen LogP contribution is 2.18. The molecule has 1 aromatic rings. The first-order valence-corrected chi connectivity index (χ1v) is 7.26. The lowest BCUT2D eigenvalue weighted by molar-refractivity contribution is 0.101. The topological polar surface area (TPSA) is 32.5 Å². The van der Waals surface area contributed by atoms with Crippen LogP contribution in [-0.4, -0.2) is 49.1 Å². The van der Waals surface area contributed by atoms with Gasteiger partial charge in [0.15, 0.2) is 0 Å². The Bertz CT molecular complexity index is 443. The van der Waals surface area contributed by atoms with Gasteiger partial charge in [-0.25, -0.2) is 0 Å². The molecule has 2 rings (SSSR count). The van der Waals surface area contributed by atoms with Crippen LogP contribution in [0.25, 0.3) is 0 Å². The Morgan fingerprint density at radius 1 is 1.50 bits per heavy atom. The van der Waals surface area contributed by atoms with Gasteiger partial charge in [-0.05, 0) is 20.0 Å². The SMILES string of the molecule is CC1CN(Cc2cc(C#CCN)cs2)CCN1C. The monoisotopic (exact) mass is 263 g/mol. The summed E-state index contributed by atoms with van der Waals surface area (Å²) in [6, 6.07) is 2.84. The van der Waals surface area contributed by atoms with Crippen molar-refractivity contribution in [2.24, 2.45) is 5.73 Å². The molecular weight excluding hydrogens is 242 g/mol. The van der Waals surface area contributed by atoms with E-state index in [9.17, 15) is 0 Å². The number of hydrogen-bond acceptors (Lipinski definition) is 4. The predicted molar refractivity (Wildman–Crippen MR) is 77.6 cm³/mol. The third-order valence-corrected chi connectivity index (χ3v) is 4.33. The number of thiophene rings is 1. The van der Waals surface area contributed by atoms with Crippen molar-refractivity contribution >= 4 is 11.3 Å². The van der Waals surface area contributed by atoms with Crippen LogP contribution in [0, 0.1) is 11.8 Å². The Morgan fingerprint density at radius 3 is 3.06 bits per heavy atom. The number of nitrogens with zero attached hydrogens (tertiary/aromatic N) is 2. The average Bonchev–Trinajstić information content (AvgIpc) is 2.79. The molecule has 0 amide bonds. The van der Waals surface area contributed by atoms with Crippen LogP contribution in [0.15, 0.2) is 11.4 Å². The van der Waals surface area contributed by atoms with E-state index in [1.165, 1.54) is 4.88 Å². The maximum absolute atomic E-state index is 5.38. The summed E-state index contributed by atoms with van der Waals surface area (Å²) in [6.45, 7) is 7.24. The van der Waals surface area contributed by atoms with Crippen molar-refractivity contribution in [3.05, 3.63) is 21.9 Å². The molecule has 98 valence electrons. The van der Waals surface area contributed by atoms with E-state index in [-0.39, 0.29) is 0 Å². The summed E-state index contributed by atoms with van der Waals surface area (Å²) >= 11 is 1.80. The van der Waals surface area contributed by atoms with Gasteiger partial charge in [0.25, 0.3) is 0 Å². The average molecular weight is 263 g/mol. The Labute approximate surface area is 114 Å². The highest BCUT2D eigenvalue weighted by molar-refractivity contribution is 7.10. The van der Waals surface area contributed by atoms with Gasteiger partial charge < -0.3 is 10.6 Å². The van der Waals surface area contributed by atoms with E-state index < -0.39 is 0 Å². The van der Waals surface area contributed by atoms with Gasteiger partial charge in [-0.3, -0.25) is 4.90 Å². The zero-order valence-corrected chi connectivity index (χ0v) is 12.0. The summed E-state index contributed by atoms with van der Waals surface area (Å²) in [4.78, 5) is 6.34. The second kappa shape index (κ2) is 6.35. The molecule has 3 nitrogen and oxygen atoms in total. The minimum atomic E-state index is 0.432. The number of rotatable bonds is 2. The third kappa shape index (κ3) is 3.56. The van der Waals surface area contributed by atoms with Crippen molar-refractivity contribution in [1.82, 2.24) is 9.80 Å². The van der Waals surface area contributed by atoms with E-state index in [1.54, 1.807) is 11.3 Å². The molecule has 1 saturated heterocycles. The molecule has 1 aliphatic rings. The summed E-state index contributed by atoms with van der Waals surface area (Å²) in [5, 5.41) is 2.12. The van der Waals surface area contributed by atoms with Crippen LogP contribution in [0.1, 0.15) is 17.4 Å². The lowest BCUT2D eigenvalue weighted by Gasteiger charge is -2.37. The lowest BCUT2D eigenvalue weighted by atomic mass is 10.2. The van der Waals surface area contributed by atoms with Gasteiger partial charge in [-0.1, -0.05) is 11.8 Å². The maximum Gasteiger partial charge on any atom is 0.0555 e. The molecular formula is C14H21N3S. The van der Waals surface area contributed by atoms with Gasteiger partial charge in [0, 0.05) is 48.0 Å². The van der Waals surface area contributed by atoms with E-state index in [1.807, 2.05) is 0 Å². The quantitative estimate of drug-likeness (QED) is 0.814. The number of nitrogens with two attached hydrogens (primary N) is 1. The smallest absolute Gasteiger partial charge is 0.0555 e. The molecule has 1 aromatic heterocycles. The van der Waals surface area contributed by atoms with Gasteiger partial charge in [0.1, 0.15) is 0 Å². The first kappa shape index (κ1) is 13.6. The molecule has 2 heterocycles. The van der Waals surface area contributed by atoms with E-state index in [4.69, 9.17) is 5.73 Å². The molecule has 1 fully saturated rings. The van der Waals surface area contributed by atoms with Crippen molar-refractivity contribution in [3.8, 4) is 11.8 Å². The Balaban J connectivity index is 1.91. The molecule has 18 heavy (non-hydrogen) atoms. The largest absolute Gasteiger partial charge is 0.320 e. The number of likely N-dealkylation sites (N-methyl/N-ethyl adjacent to an activating group) is 1. The van der Waals surface area contributed by atoms with Crippen molar-refractivity contribution in [1.29, 1.82) is 0 Å². The molecule has 1 atom stereocenters. The van der Waals surface area contributed by atoms with Crippen molar-refractivity contribution in [2.45, 2.75) is 19.5 Å². The van der Waals surface area contributed by atoms with Crippen molar-refractivity contribution in [3.63, 3.8) is 0 Å². The molecule has 0 saturated carbocycles.